The molecule has 0 saturated heterocycles. The molecule has 5 heteroatoms. The lowest BCUT2D eigenvalue weighted by Gasteiger charge is -2.34. The van der Waals surface area contributed by atoms with Gasteiger partial charge in [0.15, 0.2) is 0 Å². The smallest absolute Gasteiger partial charge is 0.240 e. The maximum atomic E-state index is 12.5. The van der Waals surface area contributed by atoms with Crippen molar-refractivity contribution < 1.29 is 4.79 Å². The van der Waals surface area contributed by atoms with E-state index in [1.807, 2.05) is 41.1 Å². The molecule has 2 aromatic carbocycles. The number of amides is 1. The van der Waals surface area contributed by atoms with Gasteiger partial charge in [0.25, 0.3) is 0 Å². The maximum Gasteiger partial charge on any atom is 0.240 e. The first-order valence-corrected chi connectivity index (χ1v) is 9.31. The Kier molecular flexibility index (Phi) is 5.03. The molecule has 27 heavy (non-hydrogen) atoms. The zero-order valence-corrected chi connectivity index (χ0v) is 15.5. The molecule has 2 heterocycles. The molecule has 0 radical (unpaired) electrons. The van der Waals surface area contributed by atoms with Gasteiger partial charge in [0, 0.05) is 37.1 Å². The van der Waals surface area contributed by atoms with Crippen molar-refractivity contribution in [2.45, 2.75) is 25.6 Å². The largest absolute Gasteiger partial charge is 0.353 e. The van der Waals surface area contributed by atoms with Gasteiger partial charge in [-0.1, -0.05) is 54.6 Å². The Morgan fingerprint density at radius 2 is 1.85 bits per heavy atom. The molecule has 1 aliphatic rings. The molecule has 0 aliphatic carbocycles. The van der Waals surface area contributed by atoms with Crippen LogP contribution in [0.15, 0.2) is 67.0 Å². The van der Waals surface area contributed by atoms with Crippen LogP contribution in [0.1, 0.15) is 11.1 Å². The number of nitrogens with zero attached hydrogens (tertiary/aromatic N) is 3. The van der Waals surface area contributed by atoms with Gasteiger partial charge in [-0.05, 0) is 24.6 Å². The summed E-state index contributed by atoms with van der Waals surface area (Å²) in [6, 6.07) is 18.8. The van der Waals surface area contributed by atoms with Gasteiger partial charge in [0.2, 0.25) is 5.91 Å². The van der Waals surface area contributed by atoms with Crippen LogP contribution >= 0.6 is 0 Å². The van der Waals surface area contributed by atoms with Crippen molar-refractivity contribution >= 4 is 5.91 Å². The maximum absolute atomic E-state index is 12.5. The highest BCUT2D eigenvalue weighted by Gasteiger charge is 2.23. The van der Waals surface area contributed by atoms with E-state index in [-0.39, 0.29) is 12.5 Å². The van der Waals surface area contributed by atoms with Gasteiger partial charge >= 0.3 is 0 Å². The number of hydrogen-bond donors (Lipinski definition) is 1. The number of carbonyl (C=O) groups excluding carboxylic acids is 1. The van der Waals surface area contributed by atoms with Gasteiger partial charge in [-0.25, -0.2) is 4.98 Å². The number of rotatable bonds is 5. The van der Waals surface area contributed by atoms with Crippen molar-refractivity contribution in [3.8, 4) is 11.4 Å². The molecule has 1 N–H and O–H groups in total. The lowest BCUT2D eigenvalue weighted by molar-refractivity contribution is -0.121. The highest BCUT2D eigenvalue weighted by molar-refractivity contribution is 5.76. The van der Waals surface area contributed by atoms with E-state index in [0.717, 1.165) is 24.4 Å². The van der Waals surface area contributed by atoms with E-state index in [1.165, 1.54) is 11.1 Å². The number of fused-ring (bicyclic) bond motifs is 1. The van der Waals surface area contributed by atoms with Crippen LogP contribution in [0, 0.1) is 0 Å². The Hall–Kier alpha value is -2.92. The molecule has 0 unspecified atom stereocenters. The van der Waals surface area contributed by atoms with Crippen molar-refractivity contribution in [2.24, 2.45) is 0 Å². The lowest BCUT2D eigenvalue weighted by Crippen LogP contribution is -2.46. The van der Waals surface area contributed by atoms with Crippen LogP contribution in [-0.2, 0) is 24.3 Å². The Labute approximate surface area is 159 Å². The zero-order chi connectivity index (χ0) is 18.6. The summed E-state index contributed by atoms with van der Waals surface area (Å²) in [5.41, 5.74) is 3.78. The summed E-state index contributed by atoms with van der Waals surface area (Å²) in [5, 5.41) is 3.10. The molecule has 0 bridgehead atoms. The summed E-state index contributed by atoms with van der Waals surface area (Å²) in [4.78, 5) is 19.2. The third-order valence-corrected chi connectivity index (χ3v) is 5.21. The predicted octanol–water partition coefficient (Wildman–Crippen LogP) is 2.72. The Balaban J connectivity index is 1.37. The van der Waals surface area contributed by atoms with E-state index in [0.29, 0.717) is 12.6 Å². The number of nitrogens with one attached hydrogen (secondary N) is 1. The van der Waals surface area contributed by atoms with Crippen molar-refractivity contribution in [2.75, 3.05) is 13.6 Å². The standard InChI is InChI=1S/C22H24N4O/c1-25-15-19-10-6-5-9-18(19)13-20(25)14-24-21(27)16-26-12-11-23-22(26)17-7-3-2-4-8-17/h2-12,20H,13-16H2,1H3,(H,24,27)/t20-/m1/s1. The molecule has 0 spiro atoms. The van der Waals surface area contributed by atoms with Crippen LogP contribution in [-0.4, -0.2) is 40.0 Å². The third-order valence-electron chi connectivity index (χ3n) is 5.21. The summed E-state index contributed by atoms with van der Waals surface area (Å²) < 4.78 is 1.89. The topological polar surface area (TPSA) is 50.2 Å². The van der Waals surface area contributed by atoms with Crippen LogP contribution in [0.4, 0.5) is 0 Å². The van der Waals surface area contributed by atoms with E-state index in [2.05, 4.69) is 46.5 Å². The van der Waals surface area contributed by atoms with Crippen molar-refractivity contribution in [1.82, 2.24) is 19.8 Å². The Bertz CT molecular complexity index is 919. The summed E-state index contributed by atoms with van der Waals surface area (Å²) in [7, 11) is 2.12. The van der Waals surface area contributed by atoms with Crippen molar-refractivity contribution in [3.05, 3.63) is 78.1 Å². The molecule has 1 atom stereocenters. The molecule has 0 fully saturated rings. The monoisotopic (exact) mass is 360 g/mol. The SMILES string of the molecule is CN1Cc2ccccc2C[C@@H]1CNC(=O)Cn1ccnc1-c1ccccc1. The molecule has 4 rings (SSSR count). The average molecular weight is 360 g/mol. The summed E-state index contributed by atoms with van der Waals surface area (Å²) in [6.07, 6.45) is 4.56. The first kappa shape index (κ1) is 17.5. The van der Waals surface area contributed by atoms with E-state index < -0.39 is 0 Å². The fourth-order valence-corrected chi connectivity index (χ4v) is 3.67. The van der Waals surface area contributed by atoms with Crippen LogP contribution in [0.2, 0.25) is 0 Å². The minimum Gasteiger partial charge on any atom is -0.353 e. The van der Waals surface area contributed by atoms with E-state index >= 15 is 0 Å². The van der Waals surface area contributed by atoms with E-state index in [1.54, 1.807) is 6.20 Å². The molecule has 138 valence electrons. The quantitative estimate of drug-likeness (QED) is 0.761. The zero-order valence-electron chi connectivity index (χ0n) is 15.5. The number of imidazole rings is 1. The molecular weight excluding hydrogens is 336 g/mol. The second-order valence-electron chi connectivity index (χ2n) is 7.09. The minimum absolute atomic E-state index is 0.0115. The van der Waals surface area contributed by atoms with Gasteiger partial charge in [-0.2, -0.15) is 0 Å². The second-order valence-corrected chi connectivity index (χ2v) is 7.09. The fraction of sp³-hybridized carbons (Fsp3) is 0.273. The molecule has 5 nitrogen and oxygen atoms in total. The molecule has 1 amide bonds. The van der Waals surface area contributed by atoms with Gasteiger partial charge in [0.1, 0.15) is 12.4 Å². The molecule has 3 aromatic rings. The van der Waals surface area contributed by atoms with E-state index in [4.69, 9.17) is 0 Å². The van der Waals surface area contributed by atoms with Gasteiger partial charge in [0.05, 0.1) is 0 Å². The number of aromatic nitrogens is 2. The lowest BCUT2D eigenvalue weighted by atomic mass is 9.94. The summed E-state index contributed by atoms with van der Waals surface area (Å²) >= 11 is 0. The summed E-state index contributed by atoms with van der Waals surface area (Å²) in [5.74, 6) is 0.826. The predicted molar refractivity (Wildman–Crippen MR) is 106 cm³/mol. The van der Waals surface area contributed by atoms with Crippen LogP contribution in [0.25, 0.3) is 11.4 Å². The first-order valence-electron chi connectivity index (χ1n) is 9.31. The van der Waals surface area contributed by atoms with Crippen LogP contribution in [0.5, 0.6) is 0 Å². The summed E-state index contributed by atoms with van der Waals surface area (Å²) in [6.45, 7) is 1.85. The molecule has 0 saturated carbocycles. The van der Waals surface area contributed by atoms with Crippen molar-refractivity contribution in [1.29, 1.82) is 0 Å². The van der Waals surface area contributed by atoms with Crippen LogP contribution < -0.4 is 5.32 Å². The van der Waals surface area contributed by atoms with Gasteiger partial charge in [-0.15, -0.1) is 0 Å². The molecular formula is C22H24N4O. The number of benzene rings is 2. The minimum atomic E-state index is 0.0115. The Morgan fingerprint density at radius 1 is 1.11 bits per heavy atom. The number of carbonyl (C=O) groups is 1. The molecule has 1 aromatic heterocycles. The normalized spacial score (nSPS) is 16.7. The first-order chi connectivity index (χ1) is 13.2. The van der Waals surface area contributed by atoms with Gasteiger partial charge in [-0.3, -0.25) is 9.69 Å². The van der Waals surface area contributed by atoms with Crippen LogP contribution in [0.3, 0.4) is 0 Å². The fourth-order valence-electron chi connectivity index (χ4n) is 3.67. The average Bonchev–Trinajstić information content (AvgIpc) is 3.15. The number of hydrogen-bond acceptors (Lipinski definition) is 3. The van der Waals surface area contributed by atoms with E-state index in [9.17, 15) is 4.79 Å². The molecule has 1 aliphatic heterocycles. The third kappa shape index (κ3) is 3.93. The second kappa shape index (κ2) is 7.76. The van der Waals surface area contributed by atoms with Crippen molar-refractivity contribution in [3.63, 3.8) is 0 Å². The highest BCUT2D eigenvalue weighted by Crippen LogP contribution is 2.21. The Morgan fingerprint density at radius 3 is 2.67 bits per heavy atom. The van der Waals surface area contributed by atoms with Gasteiger partial charge < -0.3 is 9.88 Å². The number of likely N-dealkylation sites (N-methyl/N-ethyl adjacent to an activating group) is 1. The highest BCUT2D eigenvalue weighted by atomic mass is 16.1.